The summed E-state index contributed by atoms with van der Waals surface area (Å²) in [5, 5.41) is 0. The van der Waals surface area contributed by atoms with E-state index in [0.717, 1.165) is 12.1 Å². The maximum Gasteiger partial charge on any atom is 0.115 e. The van der Waals surface area contributed by atoms with E-state index in [1.807, 2.05) is 18.2 Å². The summed E-state index contributed by atoms with van der Waals surface area (Å²) >= 11 is 0. The van der Waals surface area contributed by atoms with E-state index >= 15 is 0 Å². The van der Waals surface area contributed by atoms with Gasteiger partial charge in [0.2, 0.25) is 0 Å². The third-order valence-corrected chi connectivity index (χ3v) is 2.04. The van der Waals surface area contributed by atoms with Gasteiger partial charge in [0.25, 0.3) is 0 Å². The fourth-order valence-electron chi connectivity index (χ4n) is 1.30. The van der Waals surface area contributed by atoms with Crippen LogP contribution in [0.2, 0.25) is 0 Å². The Labute approximate surface area is 82.6 Å². The van der Waals surface area contributed by atoms with Gasteiger partial charge in [-0.25, -0.2) is 9.97 Å². The molecule has 1 aromatic carbocycles. The van der Waals surface area contributed by atoms with Gasteiger partial charge in [-0.3, -0.25) is 0 Å². The van der Waals surface area contributed by atoms with Gasteiger partial charge < -0.3 is 5.73 Å². The highest BCUT2D eigenvalue weighted by molar-refractivity contribution is 5.42. The maximum atomic E-state index is 5.74. The highest BCUT2D eigenvalue weighted by Crippen LogP contribution is 2.11. The van der Waals surface area contributed by atoms with Gasteiger partial charge in [0.15, 0.2) is 0 Å². The summed E-state index contributed by atoms with van der Waals surface area (Å²) in [6, 6.07) is 10.1. The van der Waals surface area contributed by atoms with E-state index < -0.39 is 0 Å². The van der Waals surface area contributed by atoms with E-state index in [0.29, 0.717) is 5.69 Å². The summed E-state index contributed by atoms with van der Waals surface area (Å²) in [4.78, 5) is 7.99. The van der Waals surface area contributed by atoms with E-state index in [9.17, 15) is 0 Å². The molecule has 1 aromatic heterocycles. The van der Waals surface area contributed by atoms with Crippen molar-refractivity contribution in [1.29, 1.82) is 0 Å². The van der Waals surface area contributed by atoms with Crippen LogP contribution in [-0.2, 0) is 6.42 Å². The minimum atomic E-state index is 0.649. The Morgan fingerprint density at radius 3 is 2.64 bits per heavy atom. The van der Waals surface area contributed by atoms with Crippen LogP contribution in [0.3, 0.4) is 0 Å². The lowest BCUT2D eigenvalue weighted by Gasteiger charge is -2.02. The molecule has 0 saturated heterocycles. The molecule has 0 saturated carbocycles. The summed E-state index contributed by atoms with van der Waals surface area (Å²) in [5.41, 5.74) is 8.48. The summed E-state index contributed by atoms with van der Waals surface area (Å²) in [7, 11) is 0. The van der Waals surface area contributed by atoms with Gasteiger partial charge in [-0.15, -0.1) is 0 Å². The van der Waals surface area contributed by atoms with Gasteiger partial charge in [-0.05, 0) is 5.56 Å². The van der Waals surface area contributed by atoms with E-state index in [-0.39, 0.29) is 0 Å². The average molecular weight is 185 g/mol. The second-order valence-electron chi connectivity index (χ2n) is 3.09. The first-order chi connectivity index (χ1) is 6.86. The predicted molar refractivity (Wildman–Crippen MR) is 55.7 cm³/mol. The highest BCUT2D eigenvalue weighted by Gasteiger charge is 2.00. The molecule has 1 heterocycles. The van der Waals surface area contributed by atoms with Crippen molar-refractivity contribution in [3.63, 3.8) is 0 Å². The van der Waals surface area contributed by atoms with Gasteiger partial charge in [-0.1, -0.05) is 30.3 Å². The lowest BCUT2D eigenvalue weighted by atomic mass is 10.1. The minimum absolute atomic E-state index is 0.649. The number of hydrogen-bond acceptors (Lipinski definition) is 3. The molecule has 2 N–H and O–H groups in total. The number of benzene rings is 1. The fraction of sp³-hybridized carbons (Fsp3) is 0.0909. The molecule has 3 nitrogen and oxygen atoms in total. The van der Waals surface area contributed by atoms with Crippen LogP contribution >= 0.6 is 0 Å². The standard InChI is InChI=1S/C11H11N3/c12-10-7-13-8-14-11(10)6-9-4-2-1-3-5-9/h1-5,7-8H,6,12H2. The fourth-order valence-corrected chi connectivity index (χ4v) is 1.30. The van der Waals surface area contributed by atoms with Crippen molar-refractivity contribution in [3.8, 4) is 0 Å². The predicted octanol–water partition coefficient (Wildman–Crippen LogP) is 1.65. The molecule has 2 rings (SSSR count). The molecule has 0 aliphatic heterocycles. The van der Waals surface area contributed by atoms with Crippen molar-refractivity contribution in [3.05, 3.63) is 54.1 Å². The van der Waals surface area contributed by atoms with Crippen molar-refractivity contribution >= 4 is 5.69 Å². The number of rotatable bonds is 2. The Morgan fingerprint density at radius 1 is 1.14 bits per heavy atom. The third-order valence-electron chi connectivity index (χ3n) is 2.04. The van der Waals surface area contributed by atoms with Gasteiger partial charge in [0, 0.05) is 6.42 Å². The Morgan fingerprint density at radius 2 is 1.93 bits per heavy atom. The zero-order chi connectivity index (χ0) is 9.80. The van der Waals surface area contributed by atoms with Crippen LogP contribution in [-0.4, -0.2) is 9.97 Å². The first-order valence-electron chi connectivity index (χ1n) is 4.44. The molecular formula is C11H11N3. The first kappa shape index (κ1) is 8.69. The second kappa shape index (κ2) is 3.87. The van der Waals surface area contributed by atoms with Gasteiger partial charge in [0.1, 0.15) is 6.33 Å². The number of aromatic nitrogens is 2. The van der Waals surface area contributed by atoms with Crippen molar-refractivity contribution < 1.29 is 0 Å². The molecule has 14 heavy (non-hydrogen) atoms. The molecule has 3 heteroatoms. The number of nitrogen functional groups attached to an aromatic ring is 1. The Kier molecular flexibility index (Phi) is 2.40. The van der Waals surface area contributed by atoms with E-state index in [2.05, 4.69) is 22.1 Å². The molecule has 0 atom stereocenters. The number of nitrogens with zero attached hydrogens (tertiary/aromatic N) is 2. The normalized spacial score (nSPS) is 10.0. The van der Waals surface area contributed by atoms with Crippen molar-refractivity contribution in [2.45, 2.75) is 6.42 Å². The molecule has 2 aromatic rings. The van der Waals surface area contributed by atoms with Crippen LogP contribution in [0.4, 0.5) is 5.69 Å². The van der Waals surface area contributed by atoms with E-state index in [1.165, 1.54) is 11.9 Å². The van der Waals surface area contributed by atoms with Crippen LogP contribution in [0.15, 0.2) is 42.9 Å². The Bertz CT molecular complexity index is 412. The van der Waals surface area contributed by atoms with Crippen LogP contribution in [0.5, 0.6) is 0 Å². The molecule has 0 fully saturated rings. The van der Waals surface area contributed by atoms with Gasteiger partial charge >= 0.3 is 0 Å². The average Bonchev–Trinajstić information content (AvgIpc) is 2.23. The van der Waals surface area contributed by atoms with Crippen LogP contribution in [0.25, 0.3) is 0 Å². The number of nitrogens with two attached hydrogens (primary N) is 1. The van der Waals surface area contributed by atoms with E-state index in [1.54, 1.807) is 6.20 Å². The zero-order valence-electron chi connectivity index (χ0n) is 7.72. The minimum Gasteiger partial charge on any atom is -0.396 e. The Balaban J connectivity index is 2.24. The van der Waals surface area contributed by atoms with E-state index in [4.69, 9.17) is 5.73 Å². The molecule has 0 spiro atoms. The van der Waals surface area contributed by atoms with Crippen LogP contribution in [0.1, 0.15) is 11.3 Å². The Hall–Kier alpha value is -1.90. The molecule has 0 unspecified atom stereocenters. The third kappa shape index (κ3) is 1.88. The summed E-state index contributed by atoms with van der Waals surface area (Å²) in [5.74, 6) is 0. The number of anilines is 1. The molecular weight excluding hydrogens is 174 g/mol. The van der Waals surface area contributed by atoms with Crippen molar-refractivity contribution in [2.75, 3.05) is 5.73 Å². The van der Waals surface area contributed by atoms with Gasteiger partial charge in [0.05, 0.1) is 17.6 Å². The first-order valence-corrected chi connectivity index (χ1v) is 4.44. The lowest BCUT2D eigenvalue weighted by molar-refractivity contribution is 1.03. The molecule has 0 aliphatic rings. The summed E-state index contributed by atoms with van der Waals surface area (Å²) in [6.07, 6.45) is 3.91. The van der Waals surface area contributed by atoms with Crippen molar-refractivity contribution in [1.82, 2.24) is 9.97 Å². The summed E-state index contributed by atoms with van der Waals surface area (Å²) < 4.78 is 0. The van der Waals surface area contributed by atoms with Crippen LogP contribution in [0, 0.1) is 0 Å². The summed E-state index contributed by atoms with van der Waals surface area (Å²) in [6.45, 7) is 0. The largest absolute Gasteiger partial charge is 0.396 e. The SMILES string of the molecule is Nc1cncnc1Cc1ccccc1. The molecule has 0 bridgehead atoms. The molecule has 70 valence electrons. The molecule has 0 radical (unpaired) electrons. The molecule has 0 amide bonds. The monoisotopic (exact) mass is 185 g/mol. The zero-order valence-corrected chi connectivity index (χ0v) is 7.72. The van der Waals surface area contributed by atoms with Crippen LogP contribution < -0.4 is 5.73 Å². The van der Waals surface area contributed by atoms with Crippen molar-refractivity contribution in [2.24, 2.45) is 0 Å². The highest BCUT2D eigenvalue weighted by atomic mass is 14.9. The van der Waals surface area contributed by atoms with Gasteiger partial charge in [-0.2, -0.15) is 0 Å². The smallest absolute Gasteiger partial charge is 0.115 e. The maximum absolute atomic E-state index is 5.74. The quantitative estimate of drug-likeness (QED) is 0.774. The molecule has 0 aliphatic carbocycles. The lowest BCUT2D eigenvalue weighted by Crippen LogP contribution is -1.99. The topological polar surface area (TPSA) is 51.8 Å². The number of hydrogen-bond donors (Lipinski definition) is 1. The second-order valence-corrected chi connectivity index (χ2v) is 3.09.